The first kappa shape index (κ1) is 14.6. The zero-order valence-corrected chi connectivity index (χ0v) is 12.0. The van der Waals surface area contributed by atoms with Gasteiger partial charge in [-0.15, -0.1) is 0 Å². The molecule has 108 valence electrons. The van der Waals surface area contributed by atoms with Gasteiger partial charge in [-0.3, -0.25) is 9.78 Å². The second kappa shape index (κ2) is 6.13. The molecule has 2 rings (SSSR count). The number of benzene rings is 1. The molecule has 0 bridgehead atoms. The molecule has 1 heterocycles. The molecule has 1 aromatic heterocycles. The van der Waals surface area contributed by atoms with Crippen LogP contribution in [0.5, 0.6) is 0 Å². The minimum Gasteiger partial charge on any atom is -0.465 e. The number of carbonyl (C=O) groups is 2. The third kappa shape index (κ3) is 3.22. The van der Waals surface area contributed by atoms with Crippen LogP contribution < -0.4 is 5.32 Å². The lowest BCUT2D eigenvalue weighted by molar-refractivity contribution is 0.0599. The van der Waals surface area contributed by atoms with Crippen LogP contribution in [0.2, 0.25) is 0 Å². The fraction of sp³-hybridized carbons (Fsp3) is 0.200. The van der Waals surface area contributed by atoms with Gasteiger partial charge in [-0.05, 0) is 31.5 Å². The standard InChI is InChI=1S/C15H15N3O3/c1-9-7-17-13(8-16-9)14(19)18-12-6-4-5-11(10(12)2)15(20)21-3/h4-8H,1-3H3,(H,18,19). The van der Waals surface area contributed by atoms with Gasteiger partial charge in [0.25, 0.3) is 5.91 Å². The Labute approximate surface area is 122 Å². The molecule has 1 amide bonds. The van der Waals surface area contributed by atoms with Gasteiger partial charge in [0.15, 0.2) is 0 Å². The molecule has 0 aliphatic heterocycles. The molecule has 0 atom stereocenters. The highest BCUT2D eigenvalue weighted by atomic mass is 16.5. The van der Waals surface area contributed by atoms with Gasteiger partial charge in [0, 0.05) is 11.9 Å². The highest BCUT2D eigenvalue weighted by Crippen LogP contribution is 2.20. The number of aryl methyl sites for hydroxylation is 1. The van der Waals surface area contributed by atoms with Gasteiger partial charge < -0.3 is 10.1 Å². The van der Waals surface area contributed by atoms with Crippen LogP contribution in [-0.2, 0) is 4.74 Å². The summed E-state index contributed by atoms with van der Waals surface area (Å²) in [6.45, 7) is 3.53. The van der Waals surface area contributed by atoms with E-state index >= 15 is 0 Å². The Balaban J connectivity index is 2.25. The minimum atomic E-state index is -0.446. The largest absolute Gasteiger partial charge is 0.465 e. The molecule has 0 aliphatic rings. The summed E-state index contributed by atoms with van der Waals surface area (Å²) in [5, 5.41) is 2.72. The number of nitrogens with zero attached hydrogens (tertiary/aromatic N) is 2. The van der Waals surface area contributed by atoms with Crippen LogP contribution >= 0.6 is 0 Å². The summed E-state index contributed by atoms with van der Waals surface area (Å²) in [6.07, 6.45) is 2.93. The number of anilines is 1. The first-order chi connectivity index (χ1) is 10.0. The van der Waals surface area contributed by atoms with Crippen molar-refractivity contribution in [1.29, 1.82) is 0 Å². The number of hydrogen-bond acceptors (Lipinski definition) is 5. The van der Waals surface area contributed by atoms with Crippen LogP contribution in [0.4, 0.5) is 5.69 Å². The third-order valence-electron chi connectivity index (χ3n) is 3.00. The van der Waals surface area contributed by atoms with Crippen molar-refractivity contribution in [2.75, 3.05) is 12.4 Å². The number of rotatable bonds is 3. The Kier molecular flexibility index (Phi) is 4.27. The zero-order chi connectivity index (χ0) is 15.4. The lowest BCUT2D eigenvalue weighted by atomic mass is 10.1. The van der Waals surface area contributed by atoms with Gasteiger partial charge in [0.1, 0.15) is 5.69 Å². The van der Waals surface area contributed by atoms with Crippen LogP contribution in [0.25, 0.3) is 0 Å². The molecule has 0 radical (unpaired) electrons. The monoisotopic (exact) mass is 285 g/mol. The number of amides is 1. The number of hydrogen-bond donors (Lipinski definition) is 1. The van der Waals surface area contributed by atoms with E-state index in [1.54, 1.807) is 32.0 Å². The number of aromatic nitrogens is 2. The minimum absolute atomic E-state index is 0.212. The van der Waals surface area contributed by atoms with Crippen molar-refractivity contribution >= 4 is 17.6 Å². The van der Waals surface area contributed by atoms with Crippen molar-refractivity contribution in [2.24, 2.45) is 0 Å². The predicted octanol–water partition coefficient (Wildman–Crippen LogP) is 2.13. The van der Waals surface area contributed by atoms with E-state index in [2.05, 4.69) is 15.3 Å². The molecule has 6 nitrogen and oxygen atoms in total. The molecule has 6 heteroatoms. The van der Waals surface area contributed by atoms with E-state index in [4.69, 9.17) is 4.74 Å². The summed E-state index contributed by atoms with van der Waals surface area (Å²) in [6, 6.07) is 5.03. The Hall–Kier alpha value is -2.76. The molecule has 1 N–H and O–H groups in total. The summed E-state index contributed by atoms with van der Waals surface area (Å²) in [5.74, 6) is -0.827. The summed E-state index contributed by atoms with van der Waals surface area (Å²) in [7, 11) is 1.31. The van der Waals surface area contributed by atoms with Crippen molar-refractivity contribution in [3.63, 3.8) is 0 Å². The molecule has 0 spiro atoms. The maximum atomic E-state index is 12.1. The maximum Gasteiger partial charge on any atom is 0.338 e. The van der Waals surface area contributed by atoms with Crippen molar-refractivity contribution < 1.29 is 14.3 Å². The molecule has 0 unspecified atom stereocenters. The number of esters is 1. The molecule has 0 aliphatic carbocycles. The van der Waals surface area contributed by atoms with Crippen molar-refractivity contribution in [2.45, 2.75) is 13.8 Å². The fourth-order valence-corrected chi connectivity index (χ4v) is 1.80. The molecule has 1 aromatic carbocycles. The third-order valence-corrected chi connectivity index (χ3v) is 3.00. The van der Waals surface area contributed by atoms with Crippen molar-refractivity contribution in [3.8, 4) is 0 Å². The van der Waals surface area contributed by atoms with E-state index in [1.165, 1.54) is 19.5 Å². The van der Waals surface area contributed by atoms with Crippen LogP contribution in [0.15, 0.2) is 30.6 Å². The Morgan fingerprint density at radius 2 is 1.90 bits per heavy atom. The van der Waals surface area contributed by atoms with Crippen LogP contribution in [-0.4, -0.2) is 29.0 Å². The normalized spacial score (nSPS) is 10.0. The number of carbonyl (C=O) groups excluding carboxylic acids is 2. The molecule has 0 saturated heterocycles. The molecule has 21 heavy (non-hydrogen) atoms. The SMILES string of the molecule is COC(=O)c1cccc(NC(=O)c2cnc(C)cn2)c1C. The van der Waals surface area contributed by atoms with Gasteiger partial charge in [0.05, 0.1) is 24.6 Å². The first-order valence-corrected chi connectivity index (χ1v) is 6.31. The van der Waals surface area contributed by atoms with Gasteiger partial charge in [-0.1, -0.05) is 6.07 Å². The summed E-state index contributed by atoms with van der Waals surface area (Å²) < 4.78 is 4.70. The Morgan fingerprint density at radius 3 is 2.52 bits per heavy atom. The lowest BCUT2D eigenvalue weighted by Gasteiger charge is -2.11. The number of nitrogens with one attached hydrogen (secondary N) is 1. The van der Waals surface area contributed by atoms with Crippen LogP contribution in [0.1, 0.15) is 32.1 Å². The van der Waals surface area contributed by atoms with E-state index in [0.29, 0.717) is 16.8 Å². The summed E-state index contributed by atoms with van der Waals surface area (Å²) in [5.41, 5.74) is 2.52. The second-order valence-corrected chi connectivity index (χ2v) is 4.47. The van der Waals surface area contributed by atoms with Gasteiger partial charge in [-0.25, -0.2) is 9.78 Å². The topological polar surface area (TPSA) is 81.2 Å². The average molecular weight is 285 g/mol. The maximum absolute atomic E-state index is 12.1. The highest BCUT2D eigenvalue weighted by Gasteiger charge is 2.14. The predicted molar refractivity (Wildman–Crippen MR) is 77.2 cm³/mol. The second-order valence-electron chi connectivity index (χ2n) is 4.47. The van der Waals surface area contributed by atoms with E-state index < -0.39 is 5.97 Å². The van der Waals surface area contributed by atoms with E-state index in [1.807, 2.05) is 0 Å². The van der Waals surface area contributed by atoms with Crippen LogP contribution in [0.3, 0.4) is 0 Å². The summed E-state index contributed by atoms with van der Waals surface area (Å²) >= 11 is 0. The Bertz CT molecular complexity index is 681. The Morgan fingerprint density at radius 1 is 1.14 bits per heavy atom. The molecule has 0 fully saturated rings. The average Bonchev–Trinajstić information content (AvgIpc) is 2.49. The van der Waals surface area contributed by atoms with Crippen LogP contribution in [0, 0.1) is 13.8 Å². The highest BCUT2D eigenvalue weighted by molar-refractivity contribution is 6.04. The van der Waals surface area contributed by atoms with E-state index in [0.717, 1.165) is 5.69 Å². The quantitative estimate of drug-likeness (QED) is 0.874. The molecular weight excluding hydrogens is 270 g/mol. The number of ether oxygens (including phenoxy) is 1. The molecular formula is C15H15N3O3. The molecule has 2 aromatic rings. The van der Waals surface area contributed by atoms with Gasteiger partial charge >= 0.3 is 5.97 Å². The number of methoxy groups -OCH3 is 1. The summed E-state index contributed by atoms with van der Waals surface area (Å²) in [4.78, 5) is 31.8. The van der Waals surface area contributed by atoms with Gasteiger partial charge in [-0.2, -0.15) is 0 Å². The lowest BCUT2D eigenvalue weighted by Crippen LogP contribution is -2.16. The van der Waals surface area contributed by atoms with E-state index in [9.17, 15) is 9.59 Å². The zero-order valence-electron chi connectivity index (χ0n) is 12.0. The van der Waals surface area contributed by atoms with Crippen molar-refractivity contribution in [1.82, 2.24) is 9.97 Å². The van der Waals surface area contributed by atoms with E-state index in [-0.39, 0.29) is 11.6 Å². The molecule has 0 saturated carbocycles. The first-order valence-electron chi connectivity index (χ1n) is 6.31. The smallest absolute Gasteiger partial charge is 0.338 e. The fourth-order valence-electron chi connectivity index (χ4n) is 1.80. The van der Waals surface area contributed by atoms with Crippen molar-refractivity contribution in [3.05, 3.63) is 53.1 Å². The van der Waals surface area contributed by atoms with Gasteiger partial charge in [0.2, 0.25) is 0 Å².